The van der Waals surface area contributed by atoms with Crippen molar-refractivity contribution in [2.75, 3.05) is 0 Å². The molecule has 0 unspecified atom stereocenters. The highest BCUT2D eigenvalue weighted by atomic mass is 27.0. The molecule has 0 radical (unpaired) electrons. The minimum absolute atomic E-state index is 1.01. The average Bonchev–Trinajstić information content (AvgIpc) is 3.14. The molecule has 2 aromatic carbocycles. The lowest BCUT2D eigenvalue weighted by molar-refractivity contribution is 0.973. The van der Waals surface area contributed by atoms with E-state index < -0.39 is 0 Å². The van der Waals surface area contributed by atoms with Gasteiger partial charge in [0.2, 0.25) is 0 Å². The van der Waals surface area contributed by atoms with Crippen LogP contribution in [0.4, 0.5) is 0 Å². The predicted molar refractivity (Wildman–Crippen MR) is 98.3 cm³/mol. The monoisotopic (exact) mass is 314 g/mol. The van der Waals surface area contributed by atoms with Crippen molar-refractivity contribution in [1.82, 2.24) is 9.55 Å². The highest BCUT2D eigenvalue weighted by Gasteiger charge is 2.33. The summed E-state index contributed by atoms with van der Waals surface area (Å²) < 4.78 is 3.98. The van der Waals surface area contributed by atoms with Crippen molar-refractivity contribution in [3.8, 4) is 0 Å². The Morgan fingerprint density at radius 1 is 1.00 bits per heavy atom. The van der Waals surface area contributed by atoms with Crippen molar-refractivity contribution < 1.29 is 0 Å². The molecule has 112 valence electrons. The molecule has 2 nitrogen and oxygen atoms in total. The second-order valence-electron chi connectivity index (χ2n) is 7.09. The van der Waals surface area contributed by atoms with E-state index in [1.165, 1.54) is 49.3 Å². The van der Waals surface area contributed by atoms with Crippen LogP contribution in [0, 0.1) is 20.8 Å². The molecule has 1 aliphatic carbocycles. The first kappa shape index (κ1) is 13.6. The van der Waals surface area contributed by atoms with E-state index in [2.05, 4.69) is 49.6 Å². The van der Waals surface area contributed by atoms with Gasteiger partial charge in [0.25, 0.3) is 16.3 Å². The summed E-state index contributed by atoms with van der Waals surface area (Å²) in [4.78, 5) is 4.93. The van der Waals surface area contributed by atoms with E-state index in [-0.39, 0.29) is 0 Å². The molecule has 0 amide bonds. The van der Waals surface area contributed by atoms with Crippen LogP contribution in [0.1, 0.15) is 33.6 Å². The largest absolute Gasteiger partial charge is 0.295 e. The number of benzene rings is 2. The molecule has 1 aliphatic heterocycles. The van der Waals surface area contributed by atoms with Crippen LogP contribution in [0.3, 0.4) is 0 Å². The van der Waals surface area contributed by atoms with Crippen LogP contribution < -0.4 is 4.43 Å². The van der Waals surface area contributed by atoms with E-state index in [1.54, 1.807) is 5.57 Å². The first-order chi connectivity index (χ1) is 11.1. The molecule has 2 aliphatic rings. The SMILES string of the molecule is Cc1ccc2nc3n(c2c1C)C1=C(Cc2cc[c]([AlH2])c(C)c21)C3. The number of hydrogen-bond acceptors (Lipinski definition) is 1. The summed E-state index contributed by atoms with van der Waals surface area (Å²) in [7, 11) is 0. The second-order valence-corrected chi connectivity index (χ2v) is 8.16. The van der Waals surface area contributed by atoms with Crippen LogP contribution >= 0.6 is 0 Å². The third-order valence-electron chi connectivity index (χ3n) is 5.80. The van der Waals surface area contributed by atoms with Gasteiger partial charge in [-0.2, -0.15) is 0 Å². The van der Waals surface area contributed by atoms with Gasteiger partial charge in [0.15, 0.2) is 0 Å². The average molecular weight is 314 g/mol. The van der Waals surface area contributed by atoms with Crippen LogP contribution in [-0.2, 0) is 12.8 Å². The Labute approximate surface area is 144 Å². The van der Waals surface area contributed by atoms with Gasteiger partial charge in [0, 0.05) is 12.0 Å². The van der Waals surface area contributed by atoms with Crippen molar-refractivity contribution in [3.63, 3.8) is 0 Å². The van der Waals surface area contributed by atoms with Gasteiger partial charge in [-0.05, 0) is 55.5 Å². The Balaban J connectivity index is 1.88. The van der Waals surface area contributed by atoms with Crippen molar-refractivity contribution in [2.24, 2.45) is 0 Å². The van der Waals surface area contributed by atoms with Crippen LogP contribution in [0.5, 0.6) is 0 Å². The Hall–Kier alpha value is -1.82. The molecule has 3 heteroatoms. The number of nitrogens with zero attached hydrogens (tertiary/aromatic N) is 2. The zero-order chi connectivity index (χ0) is 15.9. The van der Waals surface area contributed by atoms with Crippen LogP contribution in [0.25, 0.3) is 16.7 Å². The third kappa shape index (κ3) is 1.62. The van der Waals surface area contributed by atoms with Crippen molar-refractivity contribution in [3.05, 3.63) is 63.5 Å². The molecule has 0 saturated heterocycles. The molecule has 0 spiro atoms. The maximum atomic E-state index is 4.93. The van der Waals surface area contributed by atoms with E-state index in [1.807, 2.05) is 0 Å². The van der Waals surface area contributed by atoms with E-state index in [4.69, 9.17) is 4.98 Å². The Morgan fingerprint density at radius 2 is 1.83 bits per heavy atom. The van der Waals surface area contributed by atoms with Crippen LogP contribution in [-0.4, -0.2) is 25.8 Å². The molecule has 0 N–H and O–H groups in total. The molecule has 5 rings (SSSR count). The maximum Gasteiger partial charge on any atom is 0.259 e. The predicted octanol–water partition coefficient (Wildman–Crippen LogP) is 2.59. The van der Waals surface area contributed by atoms with Gasteiger partial charge in [-0.1, -0.05) is 23.8 Å². The number of fused-ring (bicyclic) bond motifs is 6. The number of aromatic nitrogens is 2. The first-order valence-corrected chi connectivity index (χ1v) is 9.35. The normalized spacial score (nSPS) is 15.3. The number of aryl methyl sites for hydroxylation is 2. The fourth-order valence-electron chi connectivity index (χ4n) is 4.28. The topological polar surface area (TPSA) is 17.8 Å². The highest BCUT2D eigenvalue weighted by molar-refractivity contribution is 6.33. The lowest BCUT2D eigenvalue weighted by atomic mass is 10.0. The second kappa shape index (κ2) is 4.38. The van der Waals surface area contributed by atoms with Gasteiger partial charge >= 0.3 is 0 Å². The number of hydrogen-bond donors (Lipinski definition) is 0. The van der Waals surface area contributed by atoms with Crippen LogP contribution in [0.2, 0.25) is 0 Å². The molecule has 0 saturated carbocycles. The zero-order valence-corrected chi connectivity index (χ0v) is 16.1. The molecular weight excluding hydrogens is 295 g/mol. The summed E-state index contributed by atoms with van der Waals surface area (Å²) in [6, 6.07) is 9.04. The molecule has 0 bridgehead atoms. The number of rotatable bonds is 0. The minimum Gasteiger partial charge on any atom is -0.295 e. The Bertz CT molecular complexity index is 1050. The quantitative estimate of drug-likeness (QED) is 0.583. The van der Waals surface area contributed by atoms with E-state index in [0.717, 1.165) is 34.6 Å². The molecule has 0 fully saturated rings. The molecule has 2 heterocycles. The summed E-state index contributed by atoms with van der Waals surface area (Å²) in [6.07, 6.45) is 2.11. The highest BCUT2D eigenvalue weighted by Crippen LogP contribution is 2.44. The van der Waals surface area contributed by atoms with Gasteiger partial charge in [0.05, 0.1) is 16.7 Å². The first-order valence-electron chi connectivity index (χ1n) is 8.35. The van der Waals surface area contributed by atoms with Crippen molar-refractivity contribution in [2.45, 2.75) is 33.6 Å². The van der Waals surface area contributed by atoms with Gasteiger partial charge in [-0.3, -0.25) is 4.57 Å². The lowest BCUT2D eigenvalue weighted by Gasteiger charge is -2.15. The van der Waals surface area contributed by atoms with Gasteiger partial charge in [-0.25, -0.2) is 4.98 Å². The number of allylic oxidation sites excluding steroid dienone is 1. The van der Waals surface area contributed by atoms with E-state index >= 15 is 0 Å². The number of imidazole rings is 1. The van der Waals surface area contributed by atoms with Crippen LogP contribution in [0.15, 0.2) is 29.8 Å². The van der Waals surface area contributed by atoms with Crippen molar-refractivity contribution in [1.29, 1.82) is 0 Å². The lowest BCUT2D eigenvalue weighted by Crippen LogP contribution is -2.12. The minimum atomic E-state index is 1.01. The fourth-order valence-corrected chi connectivity index (χ4v) is 4.70. The molecule has 0 atom stereocenters. The third-order valence-corrected chi connectivity index (χ3v) is 6.89. The summed E-state index contributed by atoms with van der Waals surface area (Å²) >= 11 is 1.11. The summed E-state index contributed by atoms with van der Waals surface area (Å²) in [5.41, 5.74) is 12.7. The van der Waals surface area contributed by atoms with Gasteiger partial charge in [-0.15, -0.1) is 4.43 Å². The summed E-state index contributed by atoms with van der Waals surface area (Å²) in [5, 5.41) is 0. The summed E-state index contributed by atoms with van der Waals surface area (Å²) in [6.45, 7) is 6.73. The van der Waals surface area contributed by atoms with Gasteiger partial charge < -0.3 is 0 Å². The molecular formula is C20H19AlN2. The Morgan fingerprint density at radius 3 is 2.65 bits per heavy atom. The van der Waals surface area contributed by atoms with Gasteiger partial charge in [0.1, 0.15) is 5.82 Å². The summed E-state index contributed by atoms with van der Waals surface area (Å²) in [5.74, 6) is 1.22. The molecule has 23 heavy (non-hydrogen) atoms. The maximum absolute atomic E-state index is 4.93. The Kier molecular flexibility index (Phi) is 2.59. The molecule has 3 aromatic rings. The zero-order valence-electron chi connectivity index (χ0n) is 14.1. The van der Waals surface area contributed by atoms with E-state index in [9.17, 15) is 0 Å². The molecule has 1 aromatic heterocycles. The van der Waals surface area contributed by atoms with E-state index in [0.29, 0.717) is 0 Å². The fraction of sp³-hybridized carbons (Fsp3) is 0.250. The van der Waals surface area contributed by atoms with Crippen molar-refractivity contribution >= 4 is 37.4 Å². The standard InChI is InChI=1S/C20H17N2.Al.2H/c1-11-7-8-16-19(13(11)3)22-17(21-16)10-15-9-14-6-4-5-12(2)18(14)20(15)22;;;/h4,6-8H,9-10H2,1-3H3;;;. The smallest absolute Gasteiger partial charge is 0.259 e.